The van der Waals surface area contributed by atoms with E-state index in [1.807, 2.05) is 6.33 Å². The highest BCUT2D eigenvalue weighted by atomic mass is 16.5. The van der Waals surface area contributed by atoms with Gasteiger partial charge >= 0.3 is 0 Å². The van der Waals surface area contributed by atoms with Crippen molar-refractivity contribution >= 4 is 0 Å². The summed E-state index contributed by atoms with van der Waals surface area (Å²) in [5, 5.41) is 0. The van der Waals surface area contributed by atoms with Crippen molar-refractivity contribution in [2.45, 2.75) is 44.9 Å². The highest BCUT2D eigenvalue weighted by Crippen LogP contribution is 2.40. The van der Waals surface area contributed by atoms with E-state index in [4.69, 9.17) is 9.72 Å². The average molecular weight is 411 g/mol. The van der Waals surface area contributed by atoms with Crippen LogP contribution in [0.3, 0.4) is 0 Å². The topological polar surface area (TPSA) is 27.1 Å². The average Bonchev–Trinajstić information content (AvgIpc) is 3.30. The van der Waals surface area contributed by atoms with Crippen LogP contribution in [0.2, 0.25) is 0 Å². The van der Waals surface area contributed by atoms with Crippen LogP contribution in [0.25, 0.3) is 0 Å². The molecule has 1 heterocycles. The zero-order chi connectivity index (χ0) is 21.5. The van der Waals surface area contributed by atoms with Crippen LogP contribution in [0.5, 0.6) is 0 Å². The van der Waals surface area contributed by atoms with E-state index in [2.05, 4.69) is 116 Å². The summed E-state index contributed by atoms with van der Waals surface area (Å²) in [6.07, 6.45) is 6.48. The lowest BCUT2D eigenvalue weighted by atomic mass is 9.77. The molecule has 1 aromatic heterocycles. The molecule has 0 saturated heterocycles. The molecule has 0 fully saturated rings. The van der Waals surface area contributed by atoms with Crippen LogP contribution in [0.4, 0.5) is 0 Å². The molecule has 0 aliphatic rings. The number of aromatic nitrogens is 2. The Morgan fingerprint density at radius 3 is 1.74 bits per heavy atom. The molecule has 31 heavy (non-hydrogen) atoms. The van der Waals surface area contributed by atoms with E-state index in [1.54, 1.807) is 0 Å². The molecular formula is C28H30N2O. The third-order valence-electron chi connectivity index (χ3n) is 5.81. The van der Waals surface area contributed by atoms with Gasteiger partial charge in [0.1, 0.15) is 5.54 Å². The molecule has 1 unspecified atom stereocenters. The molecule has 158 valence electrons. The highest BCUT2D eigenvalue weighted by Gasteiger charge is 2.38. The lowest BCUT2D eigenvalue weighted by Gasteiger charge is -2.37. The van der Waals surface area contributed by atoms with E-state index in [-0.39, 0.29) is 6.10 Å². The van der Waals surface area contributed by atoms with E-state index in [0.717, 1.165) is 18.5 Å². The van der Waals surface area contributed by atoms with Crippen LogP contribution < -0.4 is 0 Å². The molecule has 0 aliphatic carbocycles. The minimum absolute atomic E-state index is 0.234. The van der Waals surface area contributed by atoms with Crippen molar-refractivity contribution in [3.63, 3.8) is 0 Å². The van der Waals surface area contributed by atoms with Crippen LogP contribution in [0, 0.1) is 0 Å². The normalized spacial score (nSPS) is 12.6. The van der Waals surface area contributed by atoms with Crippen LogP contribution in [-0.2, 0) is 16.9 Å². The Morgan fingerprint density at radius 2 is 1.29 bits per heavy atom. The number of hydrogen-bond donors (Lipinski definition) is 0. The Kier molecular flexibility index (Phi) is 6.63. The summed E-state index contributed by atoms with van der Waals surface area (Å²) in [4.78, 5) is 4.73. The summed E-state index contributed by atoms with van der Waals surface area (Å²) in [6.45, 7) is 4.83. The highest BCUT2D eigenvalue weighted by molar-refractivity contribution is 5.50. The van der Waals surface area contributed by atoms with E-state index in [0.29, 0.717) is 6.61 Å². The molecule has 0 radical (unpaired) electrons. The zero-order valence-corrected chi connectivity index (χ0v) is 18.3. The Balaban J connectivity index is 1.86. The summed E-state index contributed by atoms with van der Waals surface area (Å²) in [7, 11) is 0. The molecule has 0 saturated carbocycles. The molecule has 1 atom stereocenters. The van der Waals surface area contributed by atoms with Gasteiger partial charge in [0.2, 0.25) is 0 Å². The fourth-order valence-corrected chi connectivity index (χ4v) is 4.32. The number of hydrogen-bond acceptors (Lipinski definition) is 2. The van der Waals surface area contributed by atoms with Crippen LogP contribution in [0.15, 0.2) is 104 Å². The predicted octanol–water partition coefficient (Wildman–Crippen LogP) is 6.43. The van der Waals surface area contributed by atoms with Crippen LogP contribution in [-0.4, -0.2) is 15.7 Å². The summed E-state index contributed by atoms with van der Waals surface area (Å²) in [6, 6.07) is 32.0. The minimum Gasteiger partial charge on any atom is -0.372 e. The first kappa shape index (κ1) is 21.1. The van der Waals surface area contributed by atoms with Gasteiger partial charge in [0.25, 0.3) is 0 Å². The maximum atomic E-state index is 6.04. The maximum Gasteiger partial charge on any atom is 0.121 e. The fourth-order valence-electron chi connectivity index (χ4n) is 4.32. The molecular weight excluding hydrogens is 380 g/mol. The van der Waals surface area contributed by atoms with Gasteiger partial charge in [-0.3, -0.25) is 0 Å². The van der Waals surface area contributed by atoms with Crippen molar-refractivity contribution in [1.82, 2.24) is 9.55 Å². The van der Waals surface area contributed by atoms with Gasteiger partial charge < -0.3 is 9.30 Å². The Hall–Kier alpha value is -3.17. The molecule has 0 amide bonds. The second kappa shape index (κ2) is 9.76. The molecule has 4 aromatic rings. The van der Waals surface area contributed by atoms with Crippen molar-refractivity contribution in [3.8, 4) is 0 Å². The van der Waals surface area contributed by atoms with Crippen molar-refractivity contribution in [1.29, 1.82) is 0 Å². The first-order valence-corrected chi connectivity index (χ1v) is 11.1. The van der Waals surface area contributed by atoms with E-state index in [9.17, 15) is 0 Å². The first-order chi connectivity index (χ1) is 15.2. The zero-order valence-electron chi connectivity index (χ0n) is 18.3. The molecule has 0 spiro atoms. The van der Waals surface area contributed by atoms with Gasteiger partial charge in [-0.1, -0.05) is 104 Å². The standard InChI is InChI=1S/C28H30N2O/c1-3-13-23(2)31-21-27-20-30(22-29-27)28(24-14-7-4-8-15-24,25-16-9-5-10-17-25)26-18-11-6-12-19-26/h4-12,14-20,22-23H,3,13,21H2,1-2H3. The summed E-state index contributed by atoms with van der Waals surface area (Å²) in [5.41, 5.74) is 3.99. The number of nitrogens with zero attached hydrogens (tertiary/aromatic N) is 2. The van der Waals surface area contributed by atoms with Crippen molar-refractivity contribution < 1.29 is 4.74 Å². The van der Waals surface area contributed by atoms with Crippen molar-refractivity contribution in [2.24, 2.45) is 0 Å². The number of imidazole rings is 1. The van der Waals surface area contributed by atoms with Gasteiger partial charge in [0.05, 0.1) is 24.7 Å². The SMILES string of the molecule is CCCC(C)OCc1cn(C(c2ccccc2)(c2ccccc2)c2ccccc2)cn1. The van der Waals surface area contributed by atoms with Gasteiger partial charge in [-0.2, -0.15) is 0 Å². The quantitative estimate of drug-likeness (QED) is 0.297. The van der Waals surface area contributed by atoms with Crippen molar-refractivity contribution in [3.05, 3.63) is 126 Å². The lowest BCUT2D eigenvalue weighted by Crippen LogP contribution is -2.36. The number of rotatable bonds is 9. The Bertz CT molecular complexity index is 961. The number of benzene rings is 3. The van der Waals surface area contributed by atoms with Gasteiger partial charge in [0, 0.05) is 6.20 Å². The van der Waals surface area contributed by atoms with Gasteiger partial charge in [-0.15, -0.1) is 0 Å². The summed E-state index contributed by atoms with van der Waals surface area (Å²) in [5.74, 6) is 0. The Labute approximate surface area is 185 Å². The van der Waals surface area contributed by atoms with Crippen LogP contribution in [0.1, 0.15) is 49.1 Å². The minimum atomic E-state index is -0.524. The summed E-state index contributed by atoms with van der Waals surface area (Å²) >= 11 is 0. The van der Waals surface area contributed by atoms with Crippen molar-refractivity contribution in [2.75, 3.05) is 0 Å². The van der Waals surface area contributed by atoms with E-state index >= 15 is 0 Å². The molecule has 0 aliphatic heterocycles. The van der Waals surface area contributed by atoms with Crippen LogP contribution >= 0.6 is 0 Å². The molecule has 3 heteroatoms. The first-order valence-electron chi connectivity index (χ1n) is 11.1. The smallest absolute Gasteiger partial charge is 0.121 e. The second-order valence-electron chi connectivity index (χ2n) is 7.99. The molecule has 3 nitrogen and oxygen atoms in total. The predicted molar refractivity (Wildman–Crippen MR) is 126 cm³/mol. The largest absolute Gasteiger partial charge is 0.372 e. The third kappa shape index (κ3) is 4.33. The number of ether oxygens (including phenoxy) is 1. The monoisotopic (exact) mass is 410 g/mol. The van der Waals surface area contributed by atoms with Gasteiger partial charge in [0.15, 0.2) is 0 Å². The third-order valence-corrected chi connectivity index (χ3v) is 5.81. The fraction of sp³-hybridized carbons (Fsp3) is 0.250. The van der Waals surface area contributed by atoms with Gasteiger partial charge in [-0.25, -0.2) is 4.98 Å². The lowest BCUT2D eigenvalue weighted by molar-refractivity contribution is 0.0454. The summed E-state index contributed by atoms with van der Waals surface area (Å²) < 4.78 is 8.27. The molecule has 0 N–H and O–H groups in total. The maximum absolute atomic E-state index is 6.04. The van der Waals surface area contributed by atoms with E-state index < -0.39 is 5.54 Å². The van der Waals surface area contributed by atoms with E-state index in [1.165, 1.54) is 16.7 Å². The second-order valence-corrected chi connectivity index (χ2v) is 7.99. The Morgan fingerprint density at radius 1 is 0.806 bits per heavy atom. The molecule has 0 bridgehead atoms. The molecule has 3 aromatic carbocycles. The molecule has 4 rings (SSSR count). The van der Waals surface area contributed by atoms with Gasteiger partial charge in [-0.05, 0) is 30.0 Å².